The van der Waals surface area contributed by atoms with Crippen molar-refractivity contribution in [3.8, 4) is 0 Å². The first-order valence-electron chi connectivity index (χ1n) is 6.76. The second-order valence-electron chi connectivity index (χ2n) is 5.93. The number of aliphatic hydroxyl groups excluding tert-OH is 1. The Morgan fingerprint density at radius 2 is 1.84 bits per heavy atom. The van der Waals surface area contributed by atoms with Gasteiger partial charge in [-0.3, -0.25) is 4.79 Å². The van der Waals surface area contributed by atoms with Crippen LogP contribution in [0.1, 0.15) is 31.2 Å². The Labute approximate surface area is 111 Å². The minimum absolute atomic E-state index is 0.0128. The molecule has 102 valence electrons. The summed E-state index contributed by atoms with van der Waals surface area (Å²) in [5, 5.41) is 12.2. The molecule has 1 amide bonds. The van der Waals surface area contributed by atoms with E-state index in [4.69, 9.17) is 0 Å². The molecule has 0 bridgehead atoms. The van der Waals surface area contributed by atoms with Gasteiger partial charge in [-0.15, -0.1) is 0 Å². The van der Waals surface area contributed by atoms with E-state index in [1.165, 1.54) is 12.1 Å². The van der Waals surface area contributed by atoms with Crippen molar-refractivity contribution in [3.63, 3.8) is 0 Å². The van der Waals surface area contributed by atoms with Gasteiger partial charge in [-0.05, 0) is 43.4 Å². The van der Waals surface area contributed by atoms with E-state index in [-0.39, 0.29) is 23.7 Å². The van der Waals surface area contributed by atoms with Gasteiger partial charge in [-0.25, -0.2) is 4.39 Å². The molecule has 1 aromatic carbocycles. The lowest BCUT2D eigenvalue weighted by Gasteiger charge is -2.18. The zero-order chi connectivity index (χ0) is 13.5. The minimum Gasteiger partial charge on any atom is -0.396 e. The summed E-state index contributed by atoms with van der Waals surface area (Å²) in [6.07, 6.45) is 3.59. The maximum absolute atomic E-state index is 12.9. The van der Waals surface area contributed by atoms with Gasteiger partial charge in [-0.2, -0.15) is 0 Å². The van der Waals surface area contributed by atoms with Gasteiger partial charge < -0.3 is 10.4 Å². The first-order valence-corrected chi connectivity index (χ1v) is 6.76. The molecule has 19 heavy (non-hydrogen) atoms. The van der Waals surface area contributed by atoms with Crippen LogP contribution in [-0.4, -0.2) is 24.2 Å². The Hall–Kier alpha value is -1.42. The van der Waals surface area contributed by atoms with Crippen molar-refractivity contribution >= 4 is 5.91 Å². The number of benzene rings is 1. The van der Waals surface area contributed by atoms with Gasteiger partial charge in [0.25, 0.3) is 0 Å². The maximum Gasteiger partial charge on any atom is 0.230 e. The third-order valence-corrected chi connectivity index (χ3v) is 4.50. The Balaban J connectivity index is 1.67. The second-order valence-corrected chi connectivity index (χ2v) is 5.93. The summed E-state index contributed by atoms with van der Waals surface area (Å²) in [5.74, 6) is -0.268. The Bertz CT molecular complexity index is 489. The third kappa shape index (κ3) is 2.25. The molecule has 2 saturated carbocycles. The molecule has 3 rings (SSSR count). The molecule has 4 heteroatoms. The normalized spacial score (nSPS) is 21.8. The van der Waals surface area contributed by atoms with E-state index in [1.807, 2.05) is 0 Å². The molecule has 2 aliphatic carbocycles. The molecule has 0 saturated heterocycles. The fraction of sp³-hybridized carbons (Fsp3) is 0.533. The molecule has 0 aromatic heterocycles. The first-order chi connectivity index (χ1) is 9.10. The molecule has 3 nitrogen and oxygen atoms in total. The summed E-state index contributed by atoms with van der Waals surface area (Å²) in [6, 6.07) is 6.19. The van der Waals surface area contributed by atoms with E-state index in [1.54, 1.807) is 12.1 Å². The van der Waals surface area contributed by atoms with Crippen molar-refractivity contribution in [2.75, 3.05) is 13.2 Å². The summed E-state index contributed by atoms with van der Waals surface area (Å²) in [5.41, 5.74) is 0.355. The molecule has 0 aliphatic heterocycles. The maximum atomic E-state index is 12.9. The third-order valence-electron chi connectivity index (χ3n) is 4.50. The lowest BCUT2D eigenvalue weighted by Crippen LogP contribution is -2.39. The van der Waals surface area contributed by atoms with Crippen LogP contribution >= 0.6 is 0 Å². The van der Waals surface area contributed by atoms with Gasteiger partial charge in [0, 0.05) is 12.0 Å². The highest BCUT2D eigenvalue weighted by Crippen LogP contribution is 2.49. The topological polar surface area (TPSA) is 49.3 Å². The van der Waals surface area contributed by atoms with Gasteiger partial charge >= 0.3 is 0 Å². The van der Waals surface area contributed by atoms with Crippen LogP contribution in [0.5, 0.6) is 0 Å². The Morgan fingerprint density at radius 1 is 1.21 bits per heavy atom. The molecule has 2 aliphatic rings. The first kappa shape index (κ1) is 12.6. The average molecular weight is 263 g/mol. The van der Waals surface area contributed by atoms with Crippen molar-refractivity contribution in [1.29, 1.82) is 0 Å². The van der Waals surface area contributed by atoms with E-state index >= 15 is 0 Å². The predicted octanol–water partition coefficient (Wildman–Crippen LogP) is 1.75. The molecular weight excluding hydrogens is 245 g/mol. The van der Waals surface area contributed by atoms with E-state index in [0.29, 0.717) is 6.54 Å². The average Bonchev–Trinajstić information content (AvgIpc) is 3.32. The Kier molecular flexibility index (Phi) is 2.86. The number of hydrogen-bond acceptors (Lipinski definition) is 2. The number of amides is 1. The van der Waals surface area contributed by atoms with Gasteiger partial charge in [0.05, 0.1) is 12.0 Å². The number of nitrogens with one attached hydrogen (secondary N) is 1. The largest absolute Gasteiger partial charge is 0.396 e. The second kappa shape index (κ2) is 4.30. The van der Waals surface area contributed by atoms with Crippen LogP contribution in [0.4, 0.5) is 4.39 Å². The van der Waals surface area contributed by atoms with Gasteiger partial charge in [0.2, 0.25) is 5.91 Å². The SMILES string of the molecule is O=C(NCC1(CO)CC1)C1(c2ccc(F)cc2)CC1. The molecule has 2 fully saturated rings. The summed E-state index contributed by atoms with van der Waals surface area (Å²) in [6.45, 7) is 0.683. The van der Waals surface area contributed by atoms with Crippen LogP contribution in [0.2, 0.25) is 0 Å². The zero-order valence-corrected chi connectivity index (χ0v) is 10.8. The smallest absolute Gasteiger partial charge is 0.230 e. The number of aliphatic hydroxyl groups is 1. The molecule has 0 heterocycles. The summed E-state index contributed by atoms with van der Waals surface area (Å²) in [7, 11) is 0. The molecule has 0 radical (unpaired) electrons. The lowest BCUT2D eigenvalue weighted by molar-refractivity contribution is -0.123. The van der Waals surface area contributed by atoms with Crippen molar-refractivity contribution in [2.45, 2.75) is 31.1 Å². The quantitative estimate of drug-likeness (QED) is 0.850. The van der Waals surface area contributed by atoms with Crippen LogP contribution in [0, 0.1) is 11.2 Å². The van der Waals surface area contributed by atoms with Gasteiger partial charge in [-0.1, -0.05) is 12.1 Å². The monoisotopic (exact) mass is 263 g/mol. The van der Waals surface area contributed by atoms with E-state index < -0.39 is 5.41 Å². The van der Waals surface area contributed by atoms with Crippen LogP contribution in [0.25, 0.3) is 0 Å². The fourth-order valence-corrected chi connectivity index (χ4v) is 2.55. The van der Waals surface area contributed by atoms with E-state index in [0.717, 1.165) is 31.2 Å². The molecule has 0 spiro atoms. The lowest BCUT2D eigenvalue weighted by atomic mass is 9.94. The highest BCUT2D eigenvalue weighted by atomic mass is 19.1. The molecule has 0 unspecified atom stereocenters. The van der Waals surface area contributed by atoms with Gasteiger partial charge in [0.1, 0.15) is 5.82 Å². The number of rotatable bonds is 5. The van der Waals surface area contributed by atoms with Crippen LogP contribution in [0.3, 0.4) is 0 Å². The zero-order valence-electron chi connectivity index (χ0n) is 10.8. The highest BCUT2D eigenvalue weighted by Gasteiger charge is 2.52. The molecule has 2 N–H and O–H groups in total. The van der Waals surface area contributed by atoms with Crippen LogP contribution < -0.4 is 5.32 Å². The summed E-state index contributed by atoms with van der Waals surface area (Å²) < 4.78 is 12.9. The van der Waals surface area contributed by atoms with Crippen LogP contribution in [-0.2, 0) is 10.2 Å². The van der Waals surface area contributed by atoms with Gasteiger partial charge in [0.15, 0.2) is 0 Å². The predicted molar refractivity (Wildman–Crippen MR) is 69.1 cm³/mol. The molecule has 1 aromatic rings. The number of halogens is 1. The number of hydrogen-bond donors (Lipinski definition) is 2. The van der Waals surface area contributed by atoms with Crippen molar-refractivity contribution in [3.05, 3.63) is 35.6 Å². The highest BCUT2D eigenvalue weighted by molar-refractivity contribution is 5.91. The van der Waals surface area contributed by atoms with Crippen molar-refractivity contribution < 1.29 is 14.3 Å². The number of carbonyl (C=O) groups excluding carboxylic acids is 1. The fourth-order valence-electron chi connectivity index (χ4n) is 2.55. The summed E-state index contributed by atoms with van der Waals surface area (Å²) in [4.78, 5) is 12.3. The summed E-state index contributed by atoms with van der Waals surface area (Å²) >= 11 is 0. The number of carbonyl (C=O) groups is 1. The van der Waals surface area contributed by atoms with Crippen molar-refractivity contribution in [1.82, 2.24) is 5.32 Å². The van der Waals surface area contributed by atoms with Crippen molar-refractivity contribution in [2.24, 2.45) is 5.41 Å². The molecular formula is C15H18FNO2. The minimum atomic E-state index is -0.459. The van der Waals surface area contributed by atoms with E-state index in [2.05, 4.69) is 5.32 Å². The Morgan fingerprint density at radius 3 is 2.32 bits per heavy atom. The van der Waals surface area contributed by atoms with E-state index in [9.17, 15) is 14.3 Å². The standard InChI is InChI=1S/C15H18FNO2/c16-12-3-1-11(2-4-12)15(7-8-15)13(19)17-9-14(10-18)5-6-14/h1-4,18H,5-10H2,(H,17,19). The molecule has 0 atom stereocenters. The van der Waals surface area contributed by atoms with Crippen LogP contribution in [0.15, 0.2) is 24.3 Å².